The predicted octanol–water partition coefficient (Wildman–Crippen LogP) is 2.87. The fourth-order valence-corrected chi connectivity index (χ4v) is 3.54. The molecule has 1 N–H and O–H groups in total. The van der Waals surface area contributed by atoms with Gasteiger partial charge in [-0.05, 0) is 19.1 Å². The summed E-state index contributed by atoms with van der Waals surface area (Å²) in [5.74, 6) is 0.921. The Kier molecular flexibility index (Phi) is 4.44. The van der Waals surface area contributed by atoms with Gasteiger partial charge in [0.1, 0.15) is 11.4 Å². The summed E-state index contributed by atoms with van der Waals surface area (Å²) in [6, 6.07) is 5.61. The van der Waals surface area contributed by atoms with Gasteiger partial charge in [0.05, 0.1) is 22.9 Å². The third kappa shape index (κ3) is 3.32. The van der Waals surface area contributed by atoms with Crippen molar-refractivity contribution in [2.24, 2.45) is 0 Å². The fraction of sp³-hybridized carbons (Fsp3) is 0.381. The number of H-pyrrole nitrogens is 1. The second-order valence-electron chi connectivity index (χ2n) is 7.58. The highest BCUT2D eigenvalue weighted by Crippen LogP contribution is 2.19. The molecule has 0 unspecified atom stereocenters. The Balaban J connectivity index is 1.62. The molecule has 3 aromatic rings. The normalized spacial score (nSPS) is 14.7. The molecule has 0 amide bonds. The third-order valence-electron chi connectivity index (χ3n) is 5.11. The maximum Gasteiger partial charge on any atom is 0.255 e. The van der Waals surface area contributed by atoms with Crippen LogP contribution in [0, 0.1) is 6.92 Å². The van der Waals surface area contributed by atoms with E-state index in [0.717, 1.165) is 23.6 Å². The van der Waals surface area contributed by atoms with E-state index in [1.54, 1.807) is 6.26 Å². The highest BCUT2D eigenvalue weighted by Gasteiger charge is 2.23. The molecule has 27 heavy (non-hydrogen) atoms. The maximum absolute atomic E-state index is 12.8. The molecular formula is C21H23N3O3. The summed E-state index contributed by atoms with van der Waals surface area (Å²) in [4.78, 5) is 34.9. The summed E-state index contributed by atoms with van der Waals surface area (Å²) >= 11 is 0. The largest absolute Gasteiger partial charge is 0.464 e. The number of benzene rings is 1. The van der Waals surface area contributed by atoms with E-state index in [1.165, 1.54) is 0 Å². The van der Waals surface area contributed by atoms with E-state index < -0.39 is 0 Å². The van der Waals surface area contributed by atoms with E-state index in [4.69, 9.17) is 4.42 Å². The lowest BCUT2D eigenvalue weighted by molar-refractivity contribution is 0.239. The molecule has 140 valence electrons. The summed E-state index contributed by atoms with van der Waals surface area (Å²) in [5.41, 5.74) is 3.73. The first kappa shape index (κ1) is 17.7. The van der Waals surface area contributed by atoms with Crippen molar-refractivity contribution in [3.63, 3.8) is 0 Å². The van der Waals surface area contributed by atoms with E-state index >= 15 is 0 Å². The van der Waals surface area contributed by atoms with Gasteiger partial charge in [-0.2, -0.15) is 0 Å². The number of hydrogen-bond acceptors (Lipinski definition) is 5. The topological polar surface area (TPSA) is 79.2 Å². The van der Waals surface area contributed by atoms with E-state index in [9.17, 15) is 9.59 Å². The van der Waals surface area contributed by atoms with Crippen LogP contribution >= 0.6 is 0 Å². The molecular weight excluding hydrogens is 342 g/mol. The average Bonchev–Trinajstić information content (AvgIpc) is 2.64. The number of rotatable bonds is 3. The molecule has 2 aromatic heterocycles. The van der Waals surface area contributed by atoms with Crippen molar-refractivity contribution in [3.05, 3.63) is 73.2 Å². The third-order valence-corrected chi connectivity index (χ3v) is 5.11. The minimum atomic E-state index is -0.0745. The van der Waals surface area contributed by atoms with E-state index in [-0.39, 0.29) is 16.9 Å². The van der Waals surface area contributed by atoms with Crippen LogP contribution in [0.25, 0.3) is 11.0 Å². The lowest BCUT2D eigenvalue weighted by atomic mass is 10.0. The Hall–Kier alpha value is -2.73. The molecule has 0 aliphatic carbocycles. The Labute approximate surface area is 156 Å². The molecule has 6 heteroatoms. The number of hydrogen-bond donors (Lipinski definition) is 1. The predicted molar refractivity (Wildman–Crippen MR) is 104 cm³/mol. The SMILES string of the molecule is Cc1ccc2occ(CN3CCc4nc(C(C)C)[nH]c(=O)c4C3)c(=O)c2c1. The number of nitrogens with zero attached hydrogens (tertiary/aromatic N) is 2. The Morgan fingerprint density at radius 3 is 2.89 bits per heavy atom. The lowest BCUT2D eigenvalue weighted by Crippen LogP contribution is -2.36. The fourth-order valence-electron chi connectivity index (χ4n) is 3.54. The molecule has 3 heterocycles. The number of aromatic amines is 1. The quantitative estimate of drug-likeness (QED) is 0.772. The number of nitrogens with one attached hydrogen (secondary N) is 1. The lowest BCUT2D eigenvalue weighted by Gasteiger charge is -2.27. The first-order chi connectivity index (χ1) is 12.9. The van der Waals surface area contributed by atoms with Crippen LogP contribution in [0.5, 0.6) is 0 Å². The van der Waals surface area contributed by atoms with Gasteiger partial charge in [0.25, 0.3) is 5.56 Å². The van der Waals surface area contributed by atoms with E-state index in [2.05, 4.69) is 14.9 Å². The van der Waals surface area contributed by atoms with Crippen molar-refractivity contribution in [1.82, 2.24) is 14.9 Å². The van der Waals surface area contributed by atoms with Gasteiger partial charge < -0.3 is 9.40 Å². The summed E-state index contributed by atoms with van der Waals surface area (Å²) in [6.07, 6.45) is 2.25. The van der Waals surface area contributed by atoms with Crippen molar-refractivity contribution in [3.8, 4) is 0 Å². The molecule has 1 aliphatic rings. The van der Waals surface area contributed by atoms with Crippen LogP contribution in [0.2, 0.25) is 0 Å². The molecule has 0 radical (unpaired) electrons. The van der Waals surface area contributed by atoms with Crippen molar-refractivity contribution < 1.29 is 4.42 Å². The van der Waals surface area contributed by atoms with Crippen molar-refractivity contribution >= 4 is 11.0 Å². The van der Waals surface area contributed by atoms with Gasteiger partial charge in [0.2, 0.25) is 0 Å². The monoisotopic (exact) mass is 365 g/mol. The first-order valence-electron chi connectivity index (χ1n) is 9.27. The summed E-state index contributed by atoms with van der Waals surface area (Å²) in [5, 5.41) is 0.603. The van der Waals surface area contributed by atoms with Gasteiger partial charge in [-0.15, -0.1) is 0 Å². The molecule has 0 saturated carbocycles. The molecule has 0 atom stereocenters. The van der Waals surface area contributed by atoms with Gasteiger partial charge in [-0.3, -0.25) is 14.5 Å². The average molecular weight is 365 g/mol. The number of aryl methyl sites for hydroxylation is 1. The zero-order valence-corrected chi connectivity index (χ0v) is 15.8. The number of fused-ring (bicyclic) bond motifs is 2. The maximum atomic E-state index is 12.8. The molecule has 0 spiro atoms. The Morgan fingerprint density at radius 2 is 2.11 bits per heavy atom. The van der Waals surface area contributed by atoms with Crippen LogP contribution in [0.3, 0.4) is 0 Å². The zero-order chi connectivity index (χ0) is 19.1. The minimum absolute atomic E-state index is 0.00654. The summed E-state index contributed by atoms with van der Waals surface area (Å²) in [7, 11) is 0. The van der Waals surface area contributed by atoms with Gasteiger partial charge in [-0.1, -0.05) is 25.5 Å². The molecule has 6 nitrogen and oxygen atoms in total. The smallest absolute Gasteiger partial charge is 0.255 e. The summed E-state index contributed by atoms with van der Waals surface area (Å²) < 4.78 is 5.65. The van der Waals surface area contributed by atoms with Crippen LogP contribution in [0.1, 0.15) is 48.0 Å². The molecule has 0 bridgehead atoms. The zero-order valence-electron chi connectivity index (χ0n) is 15.8. The molecule has 0 fully saturated rings. The Morgan fingerprint density at radius 1 is 1.30 bits per heavy atom. The highest BCUT2D eigenvalue weighted by atomic mass is 16.3. The van der Waals surface area contributed by atoms with Gasteiger partial charge >= 0.3 is 0 Å². The van der Waals surface area contributed by atoms with Crippen molar-refractivity contribution in [2.75, 3.05) is 6.54 Å². The van der Waals surface area contributed by atoms with Gasteiger partial charge in [-0.25, -0.2) is 4.98 Å². The number of aromatic nitrogens is 2. The van der Waals surface area contributed by atoms with E-state index in [1.807, 2.05) is 39.0 Å². The molecule has 1 aliphatic heterocycles. The highest BCUT2D eigenvalue weighted by molar-refractivity contribution is 5.77. The first-order valence-corrected chi connectivity index (χ1v) is 9.27. The van der Waals surface area contributed by atoms with Crippen LogP contribution in [-0.4, -0.2) is 21.4 Å². The van der Waals surface area contributed by atoms with Crippen LogP contribution < -0.4 is 11.0 Å². The second kappa shape index (κ2) is 6.78. The van der Waals surface area contributed by atoms with Crippen LogP contribution in [0.15, 0.2) is 38.5 Å². The van der Waals surface area contributed by atoms with E-state index in [0.29, 0.717) is 41.6 Å². The molecule has 0 saturated heterocycles. The second-order valence-corrected chi connectivity index (χ2v) is 7.58. The summed E-state index contributed by atoms with van der Waals surface area (Å²) in [6.45, 7) is 7.68. The molecule has 4 rings (SSSR count). The minimum Gasteiger partial charge on any atom is -0.464 e. The Bertz CT molecular complexity index is 1130. The standard InChI is InChI=1S/C21H23N3O3/c1-12(2)20-22-17-6-7-24(10-16(17)21(26)23-20)9-14-11-27-18-5-4-13(3)8-15(18)19(14)25/h4-5,8,11-12H,6-7,9-10H2,1-3H3,(H,22,23,26). The van der Waals surface area contributed by atoms with Crippen molar-refractivity contribution in [1.29, 1.82) is 0 Å². The molecule has 1 aromatic carbocycles. The van der Waals surface area contributed by atoms with Gasteiger partial charge in [0, 0.05) is 37.5 Å². The van der Waals surface area contributed by atoms with Crippen LogP contribution in [-0.2, 0) is 19.5 Å². The van der Waals surface area contributed by atoms with Crippen LogP contribution in [0.4, 0.5) is 0 Å². The van der Waals surface area contributed by atoms with Crippen molar-refractivity contribution in [2.45, 2.75) is 46.2 Å². The van der Waals surface area contributed by atoms with Gasteiger partial charge in [0.15, 0.2) is 5.43 Å².